The van der Waals surface area contributed by atoms with E-state index in [9.17, 15) is 4.79 Å². The van der Waals surface area contributed by atoms with Crippen LogP contribution in [0.1, 0.15) is 11.4 Å². The molecule has 5 aromatic heterocycles. The van der Waals surface area contributed by atoms with E-state index in [4.69, 9.17) is 4.74 Å². The smallest absolute Gasteiger partial charge is 0.291 e. The molecular weight excluding hydrogens is 576 g/mol. The second-order valence-electron chi connectivity index (χ2n) is 8.17. The molecule has 0 aliphatic rings. The number of fused-ring (bicyclic) bond motifs is 4. The molecule has 0 fully saturated rings. The number of ether oxygens (including phenoxy) is 1. The largest absolute Gasteiger partial charge is 0.438 e. The van der Waals surface area contributed by atoms with E-state index in [0.29, 0.717) is 30.1 Å². The minimum atomic E-state index is -0.162. The van der Waals surface area contributed by atoms with E-state index in [1.165, 1.54) is 4.68 Å². The van der Waals surface area contributed by atoms with Crippen molar-refractivity contribution in [1.82, 2.24) is 33.9 Å². The molecule has 9 nitrogen and oxygen atoms in total. The zero-order valence-corrected chi connectivity index (χ0v) is 22.0. The lowest BCUT2D eigenvalue weighted by molar-refractivity contribution is 0.470. The average molecular weight is 595 g/mol. The van der Waals surface area contributed by atoms with Gasteiger partial charge in [-0.2, -0.15) is 10.2 Å². The van der Waals surface area contributed by atoms with E-state index in [2.05, 4.69) is 42.2 Å². The van der Waals surface area contributed by atoms with E-state index < -0.39 is 0 Å². The number of hydrogen-bond acceptors (Lipinski definition) is 6. The Balaban J connectivity index is 1.42. The van der Waals surface area contributed by atoms with Crippen LogP contribution in [-0.4, -0.2) is 33.9 Å². The third kappa shape index (κ3) is 3.77. The summed E-state index contributed by atoms with van der Waals surface area (Å²) in [5.41, 5.74) is 3.97. The third-order valence-corrected chi connectivity index (χ3v) is 7.88. The lowest BCUT2D eigenvalue weighted by atomic mass is 10.2. The Morgan fingerprint density at radius 3 is 2.71 bits per heavy atom. The molecule has 0 bridgehead atoms. The zero-order valence-electron chi connectivity index (χ0n) is 18.8. The van der Waals surface area contributed by atoms with Crippen LogP contribution < -0.4 is 10.3 Å². The lowest BCUT2D eigenvalue weighted by Crippen LogP contribution is -2.24. The summed E-state index contributed by atoms with van der Waals surface area (Å²) in [6.45, 7) is 2.24. The number of halogens is 1. The van der Waals surface area contributed by atoms with E-state index in [1.54, 1.807) is 18.6 Å². The first-order valence-electron chi connectivity index (χ1n) is 10.8. The monoisotopic (exact) mass is 595 g/mol. The van der Waals surface area contributed by atoms with Crippen LogP contribution in [-0.2, 0) is 13.6 Å². The van der Waals surface area contributed by atoms with Gasteiger partial charge in [0.1, 0.15) is 11.3 Å². The van der Waals surface area contributed by atoms with Gasteiger partial charge in [0.15, 0.2) is 0 Å². The van der Waals surface area contributed by atoms with E-state index in [-0.39, 0.29) is 5.56 Å². The van der Waals surface area contributed by atoms with E-state index in [1.807, 2.05) is 65.5 Å². The van der Waals surface area contributed by atoms with Crippen molar-refractivity contribution in [2.24, 2.45) is 7.05 Å². The summed E-state index contributed by atoms with van der Waals surface area (Å²) in [5, 5.41) is 11.4. The number of aryl methyl sites for hydroxylation is 2. The molecule has 6 rings (SSSR count). The second kappa shape index (κ2) is 8.69. The molecule has 35 heavy (non-hydrogen) atoms. The highest BCUT2D eigenvalue weighted by Crippen LogP contribution is 2.35. The molecule has 0 N–H and O–H groups in total. The van der Waals surface area contributed by atoms with Gasteiger partial charge in [-0.1, -0.05) is 6.07 Å². The van der Waals surface area contributed by atoms with Gasteiger partial charge in [-0.05, 0) is 59.3 Å². The number of nitrogens with zero attached hydrogens (tertiary/aromatic N) is 7. The number of benzene rings is 1. The van der Waals surface area contributed by atoms with Crippen molar-refractivity contribution in [3.63, 3.8) is 0 Å². The van der Waals surface area contributed by atoms with Crippen LogP contribution in [0.5, 0.6) is 11.6 Å². The van der Waals surface area contributed by atoms with Crippen molar-refractivity contribution in [3.8, 4) is 11.6 Å². The van der Waals surface area contributed by atoms with Crippen molar-refractivity contribution < 1.29 is 4.74 Å². The Hall–Kier alpha value is -3.37. The fourth-order valence-corrected chi connectivity index (χ4v) is 5.88. The first-order valence-corrected chi connectivity index (χ1v) is 14.9. The minimum absolute atomic E-state index is 0.162. The summed E-state index contributed by atoms with van der Waals surface area (Å²) in [6.07, 6.45) is 5.73. The molecule has 6 aromatic rings. The maximum atomic E-state index is 13.4. The highest BCUT2D eigenvalue weighted by atomic mass is 127. The molecular formula is C24H19IN7O2P. The van der Waals surface area contributed by atoms with Crippen molar-refractivity contribution in [2.75, 3.05) is 0 Å². The Bertz CT molecular complexity index is 1810. The summed E-state index contributed by atoms with van der Waals surface area (Å²) in [4.78, 5) is 22.3. The van der Waals surface area contributed by atoms with Gasteiger partial charge < -0.3 is 9.30 Å². The fourth-order valence-electron chi connectivity index (χ4n) is 4.34. The summed E-state index contributed by atoms with van der Waals surface area (Å²) in [5.74, 6) is 1.13. The van der Waals surface area contributed by atoms with Crippen LogP contribution in [0.25, 0.3) is 32.7 Å². The Labute approximate surface area is 214 Å². The van der Waals surface area contributed by atoms with Crippen LogP contribution >= 0.6 is 28.4 Å². The Morgan fingerprint density at radius 1 is 1.03 bits per heavy atom. The molecule has 0 spiro atoms. The highest BCUT2D eigenvalue weighted by Gasteiger charge is 2.16. The van der Waals surface area contributed by atoms with Gasteiger partial charge in [-0.15, -0.1) is 0 Å². The molecule has 0 aliphatic carbocycles. The topological polar surface area (TPSA) is 92.6 Å². The van der Waals surface area contributed by atoms with E-state index >= 15 is 0 Å². The fraction of sp³-hybridized carbons (Fsp3) is 0.125. The van der Waals surface area contributed by atoms with Crippen molar-refractivity contribution >= 4 is 61.1 Å². The molecule has 174 valence electrons. The summed E-state index contributed by atoms with van der Waals surface area (Å²) in [6, 6.07) is 13.5. The SMILES string of the molecule is Cc1cccc(Cn2ncc3c4ccc(Oc5nccc6c5cnn6PI)cc4n(C)c3c2=O)n1. The van der Waals surface area contributed by atoms with Gasteiger partial charge in [-0.3, -0.25) is 9.78 Å². The number of rotatable bonds is 5. The second-order valence-corrected chi connectivity index (χ2v) is 10.2. The van der Waals surface area contributed by atoms with Crippen molar-refractivity contribution in [2.45, 2.75) is 13.5 Å². The van der Waals surface area contributed by atoms with Gasteiger partial charge in [0.2, 0.25) is 5.88 Å². The standard InChI is InChI=1S/C24H19IN7O2P/c1-14-4-3-5-15(29-14)13-31-24(33)22-18(11-27-31)17-7-6-16(10-21(17)30(22)2)34-23-19-12-28-32(35-25)20(19)8-9-26-23/h3-12,35H,13H2,1-2H3. The first kappa shape index (κ1) is 22.1. The Morgan fingerprint density at radius 2 is 1.89 bits per heavy atom. The molecule has 0 saturated carbocycles. The highest BCUT2D eigenvalue weighted by molar-refractivity contribution is 14.2. The van der Waals surface area contributed by atoms with Gasteiger partial charge in [0.25, 0.3) is 5.56 Å². The van der Waals surface area contributed by atoms with Gasteiger partial charge in [0, 0.05) is 35.8 Å². The molecule has 0 aliphatic heterocycles. The molecule has 0 saturated heterocycles. The predicted molar refractivity (Wildman–Crippen MR) is 146 cm³/mol. The van der Waals surface area contributed by atoms with Crippen LogP contribution in [0.4, 0.5) is 0 Å². The number of hydrogen-bond donors (Lipinski definition) is 0. The lowest BCUT2D eigenvalue weighted by Gasteiger charge is -2.07. The van der Waals surface area contributed by atoms with Crippen LogP contribution in [0.2, 0.25) is 0 Å². The first-order chi connectivity index (χ1) is 17.0. The van der Waals surface area contributed by atoms with E-state index in [0.717, 1.165) is 38.6 Å². The van der Waals surface area contributed by atoms with Crippen molar-refractivity contribution in [3.05, 3.63) is 82.8 Å². The summed E-state index contributed by atoms with van der Waals surface area (Å²) >= 11 is 2.29. The molecule has 1 aromatic carbocycles. The number of pyridine rings is 2. The molecule has 1 unspecified atom stereocenters. The summed E-state index contributed by atoms with van der Waals surface area (Å²) in [7, 11) is 1.88. The maximum absolute atomic E-state index is 13.4. The Kier molecular flexibility index (Phi) is 5.49. The van der Waals surface area contributed by atoms with Gasteiger partial charge in [-0.25, -0.2) is 14.1 Å². The molecule has 5 heterocycles. The molecule has 11 heteroatoms. The van der Waals surface area contributed by atoms with Crippen LogP contribution in [0, 0.1) is 6.92 Å². The van der Waals surface area contributed by atoms with Crippen LogP contribution in [0.3, 0.4) is 0 Å². The van der Waals surface area contributed by atoms with Gasteiger partial charge in [0.05, 0.1) is 47.4 Å². The quantitative estimate of drug-likeness (QED) is 0.207. The molecule has 0 radical (unpaired) electrons. The summed E-state index contributed by atoms with van der Waals surface area (Å²) < 4.78 is 11.4. The number of aromatic nitrogens is 7. The molecule has 1 atom stereocenters. The van der Waals surface area contributed by atoms with Gasteiger partial charge >= 0.3 is 0 Å². The minimum Gasteiger partial charge on any atom is -0.438 e. The normalized spacial score (nSPS) is 12.0. The maximum Gasteiger partial charge on any atom is 0.291 e. The third-order valence-electron chi connectivity index (χ3n) is 5.99. The van der Waals surface area contributed by atoms with Crippen molar-refractivity contribution in [1.29, 1.82) is 0 Å². The predicted octanol–water partition coefficient (Wildman–Crippen LogP) is 4.97. The van der Waals surface area contributed by atoms with Crippen LogP contribution in [0.15, 0.2) is 65.8 Å². The zero-order chi connectivity index (χ0) is 24.1. The molecule has 0 amide bonds. The average Bonchev–Trinajstić information content (AvgIpc) is 3.41.